The van der Waals surface area contributed by atoms with Gasteiger partial charge in [0.1, 0.15) is 5.82 Å². The summed E-state index contributed by atoms with van der Waals surface area (Å²) in [6.07, 6.45) is 2.61. The van der Waals surface area contributed by atoms with Crippen LogP contribution < -0.4 is 9.46 Å². The van der Waals surface area contributed by atoms with Gasteiger partial charge in [-0.15, -0.1) is 0 Å². The van der Waals surface area contributed by atoms with Crippen molar-refractivity contribution in [2.24, 2.45) is 5.92 Å². The smallest absolute Gasteiger partial charge is 0.315 e. The normalized spacial score (nSPS) is 19.6. The van der Waals surface area contributed by atoms with Crippen LogP contribution in [0.3, 0.4) is 0 Å². The molecule has 1 saturated carbocycles. The first kappa shape index (κ1) is 15.2. The number of nitrogens with one attached hydrogen (secondary N) is 1. The van der Waals surface area contributed by atoms with Crippen LogP contribution >= 0.6 is 0 Å². The van der Waals surface area contributed by atoms with E-state index in [1.165, 1.54) is 12.1 Å². The number of rotatable bonds is 5. The van der Waals surface area contributed by atoms with E-state index in [1.807, 2.05) is 0 Å². The minimum Gasteiger partial charge on any atom is -0.407 e. The predicted octanol–water partition coefficient (Wildman–Crippen LogP) is 1.32. The lowest BCUT2D eigenvalue weighted by molar-refractivity contribution is -0.142. The Kier molecular flexibility index (Phi) is 4.30. The molecule has 0 aromatic carbocycles. The van der Waals surface area contributed by atoms with Crippen molar-refractivity contribution in [3.05, 3.63) is 18.2 Å². The first-order valence-electron chi connectivity index (χ1n) is 7.33. The van der Waals surface area contributed by atoms with Gasteiger partial charge >= 0.3 is 5.97 Å². The lowest BCUT2D eigenvalue weighted by Crippen LogP contribution is -2.27. The lowest BCUT2D eigenvalue weighted by Gasteiger charge is -2.20. The van der Waals surface area contributed by atoms with E-state index in [-0.39, 0.29) is 28.8 Å². The summed E-state index contributed by atoms with van der Waals surface area (Å²) in [4.78, 5) is 16.1. The van der Waals surface area contributed by atoms with Crippen molar-refractivity contribution in [2.75, 3.05) is 17.9 Å². The molecule has 1 N–H and O–H groups in total. The van der Waals surface area contributed by atoms with Gasteiger partial charge in [0.25, 0.3) is 0 Å². The number of nitrogens with zero attached hydrogens (tertiary/aromatic N) is 1. The third-order valence-corrected chi connectivity index (χ3v) is 5.54. The van der Waals surface area contributed by atoms with E-state index in [9.17, 15) is 13.2 Å². The molecule has 120 valence electrons. The van der Waals surface area contributed by atoms with Crippen molar-refractivity contribution in [3.8, 4) is 5.88 Å². The van der Waals surface area contributed by atoms with Crippen molar-refractivity contribution >= 4 is 21.8 Å². The van der Waals surface area contributed by atoms with Gasteiger partial charge in [0.05, 0.1) is 11.2 Å². The highest BCUT2D eigenvalue weighted by Gasteiger charge is 2.36. The molecule has 2 heterocycles. The lowest BCUT2D eigenvalue weighted by atomic mass is 10.0. The highest BCUT2D eigenvalue weighted by molar-refractivity contribution is 7.93. The summed E-state index contributed by atoms with van der Waals surface area (Å²) in [5, 5.41) is -0.331. The average molecular weight is 326 g/mol. The number of ether oxygens (including phenoxy) is 2. The van der Waals surface area contributed by atoms with Gasteiger partial charge in [-0.3, -0.25) is 9.52 Å². The van der Waals surface area contributed by atoms with Gasteiger partial charge in [-0.1, -0.05) is 6.07 Å². The van der Waals surface area contributed by atoms with Crippen molar-refractivity contribution in [1.29, 1.82) is 0 Å². The van der Waals surface area contributed by atoms with E-state index in [0.717, 1.165) is 0 Å². The van der Waals surface area contributed by atoms with Crippen LogP contribution in [0.1, 0.15) is 25.7 Å². The van der Waals surface area contributed by atoms with Crippen LogP contribution in [0.4, 0.5) is 5.82 Å². The Bertz CT molecular complexity index is 651. The summed E-state index contributed by atoms with van der Waals surface area (Å²) in [6, 6.07) is 4.67. The van der Waals surface area contributed by atoms with E-state index in [2.05, 4.69) is 9.71 Å². The highest BCUT2D eigenvalue weighted by atomic mass is 32.2. The second-order valence-corrected chi connectivity index (χ2v) is 7.48. The molecule has 1 aliphatic carbocycles. The van der Waals surface area contributed by atoms with Crippen LogP contribution in [0.2, 0.25) is 0 Å². The van der Waals surface area contributed by atoms with E-state index in [1.54, 1.807) is 6.07 Å². The number of pyridine rings is 1. The summed E-state index contributed by atoms with van der Waals surface area (Å²) in [5.41, 5.74) is 0. The molecule has 2 fully saturated rings. The quantitative estimate of drug-likeness (QED) is 0.820. The first-order valence-corrected chi connectivity index (χ1v) is 8.87. The van der Waals surface area contributed by atoms with Crippen LogP contribution in [0, 0.1) is 5.92 Å². The maximum atomic E-state index is 12.0. The van der Waals surface area contributed by atoms with E-state index in [4.69, 9.17) is 9.47 Å². The van der Waals surface area contributed by atoms with Crippen molar-refractivity contribution in [1.82, 2.24) is 4.98 Å². The molecule has 0 atom stereocenters. The molecule has 0 spiro atoms. The molecule has 3 rings (SSSR count). The molecule has 1 aromatic rings. The zero-order valence-electron chi connectivity index (χ0n) is 12.0. The number of aromatic nitrogens is 1. The van der Waals surface area contributed by atoms with Gasteiger partial charge in [0, 0.05) is 19.3 Å². The summed E-state index contributed by atoms with van der Waals surface area (Å²) in [7, 11) is -3.38. The molecule has 7 nitrogen and oxygen atoms in total. The topological polar surface area (TPSA) is 94.6 Å². The molecule has 1 aliphatic heterocycles. The second kappa shape index (κ2) is 6.21. The average Bonchev–Trinajstić information content (AvgIpc) is 3.33. The molecule has 0 bridgehead atoms. The zero-order valence-corrected chi connectivity index (χ0v) is 12.8. The summed E-state index contributed by atoms with van der Waals surface area (Å²) in [5.74, 6) is -0.267. The van der Waals surface area contributed by atoms with Crippen LogP contribution in [-0.2, 0) is 19.6 Å². The van der Waals surface area contributed by atoms with Crippen molar-refractivity contribution in [2.45, 2.75) is 30.9 Å². The van der Waals surface area contributed by atoms with Crippen LogP contribution in [0.15, 0.2) is 18.2 Å². The monoisotopic (exact) mass is 326 g/mol. The second-order valence-electron chi connectivity index (χ2n) is 5.52. The molecule has 22 heavy (non-hydrogen) atoms. The number of carbonyl (C=O) groups excluding carboxylic acids is 1. The van der Waals surface area contributed by atoms with Crippen molar-refractivity contribution in [3.63, 3.8) is 0 Å². The molecule has 1 aromatic heterocycles. The fourth-order valence-corrected chi connectivity index (χ4v) is 3.58. The summed E-state index contributed by atoms with van der Waals surface area (Å²) < 4.78 is 36.6. The number of hydrogen-bond donors (Lipinski definition) is 1. The Labute approximate surface area is 129 Å². The molecular formula is C14H18N2O5S. The van der Waals surface area contributed by atoms with Gasteiger partial charge in [0.15, 0.2) is 0 Å². The maximum Gasteiger partial charge on any atom is 0.315 e. The molecule has 0 unspecified atom stereocenters. The number of hydrogen-bond acceptors (Lipinski definition) is 6. The minimum absolute atomic E-state index is 0.104. The SMILES string of the molecule is O=C(Oc1cccc(NS(=O)(=O)C2CC2)n1)C1CCOCC1. The Morgan fingerprint density at radius 1 is 1.23 bits per heavy atom. The highest BCUT2D eigenvalue weighted by Crippen LogP contribution is 2.29. The molecule has 2 aliphatic rings. The largest absolute Gasteiger partial charge is 0.407 e. The zero-order chi connectivity index (χ0) is 15.6. The molecular weight excluding hydrogens is 308 g/mol. The van der Waals surface area contributed by atoms with Crippen molar-refractivity contribution < 1.29 is 22.7 Å². The maximum absolute atomic E-state index is 12.0. The Morgan fingerprint density at radius 2 is 1.95 bits per heavy atom. The summed E-state index contributed by atoms with van der Waals surface area (Å²) in [6.45, 7) is 1.10. The van der Waals surface area contributed by atoms with Crippen LogP contribution in [0.5, 0.6) is 5.88 Å². The molecule has 0 radical (unpaired) electrons. The first-order chi connectivity index (χ1) is 10.5. The van der Waals surface area contributed by atoms with Gasteiger partial charge in [-0.05, 0) is 31.7 Å². The van der Waals surface area contributed by atoms with E-state index >= 15 is 0 Å². The number of esters is 1. The predicted molar refractivity (Wildman–Crippen MR) is 79.0 cm³/mol. The third kappa shape index (κ3) is 3.75. The minimum atomic E-state index is -3.38. The fraction of sp³-hybridized carbons (Fsp3) is 0.571. The number of sulfonamides is 1. The van der Waals surface area contributed by atoms with Gasteiger partial charge in [0.2, 0.25) is 15.9 Å². The van der Waals surface area contributed by atoms with E-state index < -0.39 is 10.0 Å². The Balaban J connectivity index is 1.64. The molecule has 8 heteroatoms. The standard InChI is InChI=1S/C14H18N2O5S/c17-14(10-6-8-20-9-7-10)21-13-3-1-2-12(15-13)16-22(18,19)11-4-5-11/h1-3,10-11H,4-9H2,(H,15,16). The fourth-order valence-electron chi connectivity index (χ4n) is 2.26. The summed E-state index contributed by atoms with van der Waals surface area (Å²) >= 11 is 0. The van der Waals surface area contributed by atoms with E-state index in [0.29, 0.717) is 38.9 Å². The van der Waals surface area contributed by atoms with Gasteiger partial charge < -0.3 is 9.47 Å². The van der Waals surface area contributed by atoms with Gasteiger partial charge in [-0.2, -0.15) is 4.98 Å². The Morgan fingerprint density at radius 3 is 2.64 bits per heavy atom. The number of anilines is 1. The van der Waals surface area contributed by atoms with Crippen LogP contribution in [0.25, 0.3) is 0 Å². The molecule has 0 amide bonds. The Hall–Kier alpha value is -1.67. The van der Waals surface area contributed by atoms with Crippen LogP contribution in [-0.4, -0.2) is 37.8 Å². The third-order valence-electron chi connectivity index (χ3n) is 3.69. The molecule has 1 saturated heterocycles. The number of carbonyl (C=O) groups is 1. The van der Waals surface area contributed by atoms with Gasteiger partial charge in [-0.25, -0.2) is 8.42 Å².